The Labute approximate surface area is 334 Å². The molecule has 1 atom stereocenters. The third-order valence-electron chi connectivity index (χ3n) is 7.73. The molecule has 4 aromatic carbocycles. The van der Waals surface area contributed by atoms with Crippen LogP contribution in [0.5, 0.6) is 0 Å². The molecule has 5 N–H and O–H groups in total. The number of halogens is 4. The lowest BCUT2D eigenvalue weighted by molar-refractivity contribution is 0.100. The van der Waals surface area contributed by atoms with E-state index in [4.69, 9.17) is 28.9 Å². The van der Waals surface area contributed by atoms with Gasteiger partial charge >= 0.3 is 0 Å². The summed E-state index contributed by atoms with van der Waals surface area (Å²) >= 11 is 11.8. The van der Waals surface area contributed by atoms with Gasteiger partial charge in [0.2, 0.25) is 11.6 Å². The maximum Gasteiger partial charge on any atom is 0.295 e. The Morgan fingerprint density at radius 1 is 0.714 bits per heavy atom. The molecule has 6 aromatic rings. The van der Waals surface area contributed by atoms with Crippen molar-refractivity contribution in [2.24, 2.45) is 5.73 Å². The van der Waals surface area contributed by atoms with Gasteiger partial charge in [-0.2, -0.15) is 0 Å². The van der Waals surface area contributed by atoms with Gasteiger partial charge in [0.05, 0.1) is 50.2 Å². The van der Waals surface area contributed by atoms with Crippen LogP contribution in [0.3, 0.4) is 0 Å². The fourth-order valence-electron chi connectivity index (χ4n) is 4.90. The van der Waals surface area contributed by atoms with Crippen LogP contribution in [0, 0.1) is 11.6 Å². The summed E-state index contributed by atoms with van der Waals surface area (Å²) in [5, 5.41) is 12.9. The second-order valence-electron chi connectivity index (χ2n) is 13.2. The van der Waals surface area contributed by atoms with Crippen molar-refractivity contribution >= 4 is 57.4 Å². The second kappa shape index (κ2) is 19.0. The predicted molar refractivity (Wildman–Crippen MR) is 212 cm³/mol. The number of aromatic nitrogens is 6. The summed E-state index contributed by atoms with van der Waals surface area (Å²) in [5.41, 5.74) is 8.57. The molecule has 0 aliphatic rings. The zero-order valence-corrected chi connectivity index (χ0v) is 32.8. The first-order valence-corrected chi connectivity index (χ1v) is 18.9. The lowest BCUT2D eigenvalue weighted by Gasteiger charge is -2.18. The van der Waals surface area contributed by atoms with E-state index in [-0.39, 0.29) is 46.2 Å². The molecule has 0 radical (unpaired) electrons. The maximum absolute atomic E-state index is 14.5. The topological polar surface area (TPSA) is 175 Å². The van der Waals surface area contributed by atoms with Gasteiger partial charge in [0.25, 0.3) is 11.8 Å². The number of hydrogen-bond donors (Lipinski definition) is 4. The Hall–Kier alpha value is -5.39. The Morgan fingerprint density at radius 3 is 1.57 bits per heavy atom. The van der Waals surface area contributed by atoms with Crippen molar-refractivity contribution < 1.29 is 22.6 Å². The van der Waals surface area contributed by atoms with Gasteiger partial charge in [0, 0.05) is 13.1 Å². The summed E-state index contributed by atoms with van der Waals surface area (Å²) in [6.07, 6.45) is 2.88. The molecule has 0 saturated heterocycles. The monoisotopic (exact) mass is 822 g/mol. The Balaban J connectivity index is 0.000000219. The maximum atomic E-state index is 14.5. The lowest BCUT2D eigenvalue weighted by atomic mass is 10.2. The predicted octanol–water partition coefficient (Wildman–Crippen LogP) is 6.75. The van der Waals surface area contributed by atoms with Crippen molar-refractivity contribution in [2.45, 2.75) is 51.7 Å². The van der Waals surface area contributed by atoms with E-state index in [2.05, 4.69) is 35.5 Å². The van der Waals surface area contributed by atoms with E-state index >= 15 is 0 Å². The van der Waals surface area contributed by atoms with Crippen LogP contribution in [0.15, 0.2) is 97.6 Å². The molecule has 2 heterocycles. The molecular formula is C38H38Cl2F2N10O3S. The van der Waals surface area contributed by atoms with Gasteiger partial charge in [-0.1, -0.05) is 83.9 Å². The third-order valence-corrected chi connectivity index (χ3v) is 9.79. The molecule has 0 aliphatic carbocycles. The molecular weight excluding hydrogens is 785 g/mol. The first-order chi connectivity index (χ1) is 26.7. The van der Waals surface area contributed by atoms with Crippen LogP contribution in [-0.2, 0) is 37.2 Å². The molecule has 18 heteroatoms. The molecule has 13 nitrogen and oxygen atoms in total. The summed E-state index contributed by atoms with van der Waals surface area (Å²) in [7, 11) is -1.31. The van der Waals surface area contributed by atoms with Gasteiger partial charge in [0.15, 0.2) is 11.6 Å². The van der Waals surface area contributed by atoms with E-state index in [1.54, 1.807) is 0 Å². The van der Waals surface area contributed by atoms with Crippen molar-refractivity contribution in [3.05, 3.63) is 153 Å². The van der Waals surface area contributed by atoms with Crippen LogP contribution in [-0.4, -0.2) is 50.3 Å². The average molecular weight is 824 g/mol. The number of nitrogens with one attached hydrogen (secondary N) is 3. The van der Waals surface area contributed by atoms with E-state index in [0.29, 0.717) is 24.2 Å². The summed E-state index contributed by atoms with van der Waals surface area (Å²) < 4.78 is 46.2. The van der Waals surface area contributed by atoms with E-state index in [9.17, 15) is 22.6 Å². The van der Waals surface area contributed by atoms with Crippen LogP contribution >= 0.6 is 23.2 Å². The van der Waals surface area contributed by atoms with Gasteiger partial charge in [-0.3, -0.25) is 9.59 Å². The standard InChI is InChI=1S/C21H23ClFN5O2S.C17H15ClFN5O/c1-21(2,3)31(30)25-11-15-9-16(22)18(23)17(10-15)26-20(29)19-24-13-28(27-19)12-14-7-5-4-6-8-14;18-13-6-12(8-20)7-14(15(13)19)22-17(25)16-21-10-24(23-16)9-11-4-2-1-3-5-11/h4-10,13,25H,11-12H2,1-3H3,(H,26,29);1-7,10H,8-9,20H2,(H,22,25)/t31-;/m1./s1. The van der Waals surface area contributed by atoms with Gasteiger partial charge in [-0.05, 0) is 67.3 Å². The smallest absolute Gasteiger partial charge is 0.295 e. The number of benzene rings is 4. The van der Waals surface area contributed by atoms with Crippen LogP contribution in [0.1, 0.15) is 64.3 Å². The summed E-state index contributed by atoms with van der Waals surface area (Å²) in [4.78, 5) is 32.7. The van der Waals surface area contributed by atoms with Gasteiger partial charge in [-0.15, -0.1) is 10.2 Å². The number of nitrogens with zero attached hydrogens (tertiary/aromatic N) is 6. The van der Waals surface area contributed by atoms with Crippen LogP contribution in [0.4, 0.5) is 20.2 Å². The van der Waals surface area contributed by atoms with Crippen LogP contribution in [0.2, 0.25) is 10.0 Å². The largest absolute Gasteiger partial charge is 0.326 e. The minimum atomic E-state index is -1.31. The molecule has 0 unspecified atom stereocenters. The number of carbonyl (C=O) groups is 2. The highest BCUT2D eigenvalue weighted by molar-refractivity contribution is 7.84. The molecule has 6 rings (SSSR count). The summed E-state index contributed by atoms with van der Waals surface area (Å²) in [6.45, 7) is 6.80. The Bertz CT molecular complexity index is 2320. The molecule has 0 aliphatic heterocycles. The zero-order valence-electron chi connectivity index (χ0n) is 30.5. The molecule has 292 valence electrons. The molecule has 2 aromatic heterocycles. The molecule has 0 saturated carbocycles. The molecule has 0 fully saturated rings. The van der Waals surface area contributed by atoms with Gasteiger partial charge < -0.3 is 16.4 Å². The van der Waals surface area contributed by atoms with Crippen molar-refractivity contribution in [2.75, 3.05) is 10.6 Å². The highest BCUT2D eigenvalue weighted by Gasteiger charge is 2.21. The second-order valence-corrected chi connectivity index (χ2v) is 16.1. The number of amides is 2. The normalized spacial score (nSPS) is 11.7. The molecule has 2 amide bonds. The summed E-state index contributed by atoms with van der Waals surface area (Å²) in [6, 6.07) is 24.9. The highest BCUT2D eigenvalue weighted by Crippen LogP contribution is 2.27. The molecule has 0 spiro atoms. The van der Waals surface area contributed by atoms with Gasteiger partial charge in [-0.25, -0.2) is 37.0 Å². The van der Waals surface area contributed by atoms with Crippen LogP contribution < -0.4 is 21.1 Å². The van der Waals surface area contributed by atoms with E-state index in [0.717, 1.165) is 11.1 Å². The van der Waals surface area contributed by atoms with Crippen molar-refractivity contribution in [3.63, 3.8) is 0 Å². The summed E-state index contributed by atoms with van der Waals surface area (Å²) in [5.74, 6) is -2.94. The highest BCUT2D eigenvalue weighted by atomic mass is 35.5. The molecule has 56 heavy (non-hydrogen) atoms. The minimum absolute atomic E-state index is 0.0580. The number of nitrogens with two attached hydrogens (primary N) is 1. The number of hydrogen-bond acceptors (Lipinski definition) is 8. The van der Waals surface area contributed by atoms with E-state index in [1.165, 1.54) is 46.3 Å². The SMILES string of the molecule is CC(C)(C)[S@@](=O)NCc1cc(Cl)c(F)c(NC(=O)c2ncn(Cc3ccccc3)n2)c1.NCc1cc(Cl)c(F)c(NC(=O)c2ncn(Cc3ccccc3)n2)c1. The quantitative estimate of drug-likeness (QED) is 0.105. The number of rotatable bonds is 12. The minimum Gasteiger partial charge on any atom is -0.326 e. The number of carbonyl (C=O) groups excluding carboxylic acids is 2. The Morgan fingerprint density at radius 2 is 1.14 bits per heavy atom. The first kappa shape index (κ1) is 41.8. The van der Waals surface area contributed by atoms with Gasteiger partial charge in [0.1, 0.15) is 12.7 Å². The first-order valence-electron chi connectivity index (χ1n) is 17.0. The third kappa shape index (κ3) is 11.6. The molecule has 0 bridgehead atoms. The van der Waals surface area contributed by atoms with Crippen molar-refractivity contribution in [3.8, 4) is 0 Å². The van der Waals surface area contributed by atoms with Crippen molar-refractivity contribution in [1.82, 2.24) is 34.3 Å². The van der Waals surface area contributed by atoms with Crippen molar-refractivity contribution in [1.29, 1.82) is 0 Å². The van der Waals surface area contributed by atoms with Crippen LogP contribution in [0.25, 0.3) is 0 Å². The average Bonchev–Trinajstić information content (AvgIpc) is 3.85. The van der Waals surface area contributed by atoms with E-state index < -0.39 is 39.2 Å². The lowest BCUT2D eigenvalue weighted by Crippen LogP contribution is -2.32. The Kier molecular flexibility index (Phi) is 14.1. The van der Waals surface area contributed by atoms with E-state index in [1.807, 2.05) is 81.4 Å². The zero-order chi connectivity index (χ0) is 40.4. The fraction of sp³-hybridized carbons (Fsp3) is 0.211. The number of anilines is 2. The fourth-order valence-corrected chi connectivity index (χ4v) is 6.12.